The summed E-state index contributed by atoms with van der Waals surface area (Å²) in [5.41, 5.74) is 1.43. The van der Waals surface area contributed by atoms with Crippen LogP contribution in [0.1, 0.15) is 27.0 Å². The lowest BCUT2D eigenvalue weighted by Gasteiger charge is -2.08. The second-order valence-electron chi connectivity index (χ2n) is 4.28. The first kappa shape index (κ1) is 13.8. The van der Waals surface area contributed by atoms with Gasteiger partial charge in [-0.2, -0.15) is 13.2 Å². The molecular weight excluding hydrogens is 273 g/mol. The van der Waals surface area contributed by atoms with Crippen LogP contribution < -0.4 is 0 Å². The fraction of sp³-hybridized carbons (Fsp3) is 0.214. The smallest absolute Gasteiger partial charge is 0.294 e. The Bertz CT molecular complexity index is 626. The molecule has 19 heavy (non-hydrogen) atoms. The third-order valence-corrected chi connectivity index (χ3v) is 3.95. The number of halogens is 3. The van der Waals surface area contributed by atoms with Crippen LogP contribution in [0.25, 0.3) is 11.1 Å². The van der Waals surface area contributed by atoms with Crippen molar-refractivity contribution < 1.29 is 18.0 Å². The van der Waals surface area contributed by atoms with Crippen molar-refractivity contribution in [3.63, 3.8) is 0 Å². The van der Waals surface area contributed by atoms with Crippen LogP contribution in [-0.4, -0.2) is 5.78 Å². The van der Waals surface area contributed by atoms with Crippen molar-refractivity contribution in [2.45, 2.75) is 20.0 Å². The molecule has 0 aliphatic rings. The maximum Gasteiger partial charge on any atom is 0.426 e. The molecule has 0 fully saturated rings. The van der Waals surface area contributed by atoms with E-state index in [1.807, 2.05) is 13.0 Å². The molecule has 0 N–H and O–H groups in total. The van der Waals surface area contributed by atoms with Gasteiger partial charge in [0.15, 0.2) is 5.78 Å². The Morgan fingerprint density at radius 1 is 1.21 bits per heavy atom. The summed E-state index contributed by atoms with van der Waals surface area (Å²) >= 11 is 0.501. The summed E-state index contributed by atoms with van der Waals surface area (Å²) in [4.78, 5) is 10.7. The van der Waals surface area contributed by atoms with Gasteiger partial charge in [-0.15, -0.1) is 11.3 Å². The summed E-state index contributed by atoms with van der Waals surface area (Å²) in [5, 5.41) is 0. The Kier molecular flexibility index (Phi) is 3.49. The Labute approximate surface area is 112 Å². The molecule has 2 aromatic rings. The van der Waals surface area contributed by atoms with Gasteiger partial charge in [0.25, 0.3) is 0 Å². The molecule has 0 unspecified atom stereocenters. The number of hydrogen-bond donors (Lipinski definition) is 0. The van der Waals surface area contributed by atoms with Gasteiger partial charge in [-0.05, 0) is 25.5 Å². The average molecular weight is 284 g/mol. The fourth-order valence-corrected chi connectivity index (χ4v) is 2.75. The van der Waals surface area contributed by atoms with Crippen molar-refractivity contribution in [3.8, 4) is 11.1 Å². The highest BCUT2D eigenvalue weighted by atomic mass is 32.1. The van der Waals surface area contributed by atoms with Gasteiger partial charge in [0.1, 0.15) is 4.88 Å². The number of alkyl halides is 3. The molecule has 0 saturated heterocycles. The minimum Gasteiger partial charge on any atom is -0.294 e. The predicted molar refractivity (Wildman–Crippen MR) is 69.5 cm³/mol. The quantitative estimate of drug-likeness (QED) is 0.713. The number of Topliss-reactive ketones (excluding diaryl/α,β-unsaturated/α-hetero) is 1. The number of carbonyl (C=O) groups excluding carboxylic acids is 1. The van der Waals surface area contributed by atoms with Gasteiger partial charge in [-0.1, -0.05) is 29.8 Å². The predicted octanol–water partition coefficient (Wildman–Crippen LogP) is 4.94. The number of aryl methyl sites for hydroxylation is 1. The summed E-state index contributed by atoms with van der Waals surface area (Å²) in [6.07, 6.45) is -4.45. The van der Waals surface area contributed by atoms with E-state index in [0.717, 1.165) is 5.56 Å². The number of thiophene rings is 1. The molecule has 0 atom stereocenters. The van der Waals surface area contributed by atoms with Crippen LogP contribution in [0.2, 0.25) is 0 Å². The van der Waals surface area contributed by atoms with Gasteiger partial charge >= 0.3 is 6.18 Å². The van der Waals surface area contributed by atoms with Crippen LogP contribution in [0.3, 0.4) is 0 Å². The van der Waals surface area contributed by atoms with Crippen molar-refractivity contribution >= 4 is 17.1 Å². The third-order valence-electron chi connectivity index (χ3n) is 2.67. The Morgan fingerprint density at radius 2 is 1.89 bits per heavy atom. The summed E-state index contributed by atoms with van der Waals surface area (Å²) in [7, 11) is 0. The van der Waals surface area contributed by atoms with Crippen LogP contribution in [0.5, 0.6) is 0 Å². The van der Waals surface area contributed by atoms with Crippen molar-refractivity contribution in [2.24, 2.45) is 0 Å². The lowest BCUT2D eigenvalue weighted by molar-refractivity contribution is -0.133. The van der Waals surface area contributed by atoms with Gasteiger partial charge in [0.2, 0.25) is 0 Å². The molecule has 1 heterocycles. The van der Waals surface area contributed by atoms with E-state index < -0.39 is 11.1 Å². The molecule has 0 amide bonds. The molecular formula is C14H11F3OS. The van der Waals surface area contributed by atoms with E-state index in [4.69, 9.17) is 0 Å². The van der Waals surface area contributed by atoms with Gasteiger partial charge in [0.05, 0.1) is 4.88 Å². The Balaban J connectivity index is 2.64. The lowest BCUT2D eigenvalue weighted by atomic mass is 10.0. The second kappa shape index (κ2) is 4.81. The minimum absolute atomic E-state index is 0.0754. The fourth-order valence-electron chi connectivity index (χ4n) is 1.80. The maximum absolute atomic E-state index is 13.0. The van der Waals surface area contributed by atoms with Crippen LogP contribution >= 0.6 is 11.3 Å². The molecule has 1 aromatic carbocycles. The molecule has 100 valence electrons. The first-order chi connectivity index (χ1) is 8.79. The monoisotopic (exact) mass is 284 g/mol. The molecule has 0 radical (unpaired) electrons. The van der Waals surface area contributed by atoms with E-state index in [2.05, 4.69) is 0 Å². The molecule has 0 bridgehead atoms. The molecule has 2 rings (SSSR count). The van der Waals surface area contributed by atoms with E-state index in [9.17, 15) is 18.0 Å². The molecule has 0 saturated carbocycles. The zero-order valence-corrected chi connectivity index (χ0v) is 11.2. The van der Waals surface area contributed by atoms with Crippen LogP contribution in [0, 0.1) is 6.92 Å². The minimum atomic E-state index is -4.45. The molecule has 5 heteroatoms. The van der Waals surface area contributed by atoms with E-state index in [1.165, 1.54) is 13.0 Å². The molecule has 0 spiro atoms. The third kappa shape index (κ3) is 2.87. The van der Waals surface area contributed by atoms with Crippen LogP contribution in [0.4, 0.5) is 13.2 Å². The summed E-state index contributed by atoms with van der Waals surface area (Å²) < 4.78 is 39.0. The maximum atomic E-state index is 13.0. The average Bonchev–Trinajstić information content (AvgIpc) is 2.73. The van der Waals surface area contributed by atoms with E-state index in [0.29, 0.717) is 16.9 Å². The Morgan fingerprint density at radius 3 is 2.42 bits per heavy atom. The van der Waals surface area contributed by atoms with Crippen molar-refractivity contribution in [2.75, 3.05) is 0 Å². The van der Waals surface area contributed by atoms with Crippen molar-refractivity contribution in [3.05, 3.63) is 45.6 Å². The van der Waals surface area contributed by atoms with Gasteiger partial charge in [0, 0.05) is 5.56 Å². The van der Waals surface area contributed by atoms with E-state index in [1.54, 1.807) is 18.2 Å². The molecule has 0 aliphatic heterocycles. The highest BCUT2D eigenvalue weighted by Gasteiger charge is 2.36. The number of benzene rings is 1. The highest BCUT2D eigenvalue weighted by Crippen LogP contribution is 2.42. The van der Waals surface area contributed by atoms with Gasteiger partial charge in [-0.3, -0.25) is 4.79 Å². The summed E-state index contributed by atoms with van der Waals surface area (Å²) in [5.74, 6) is -0.352. The Hall–Kier alpha value is -1.62. The normalized spacial score (nSPS) is 11.6. The van der Waals surface area contributed by atoms with Crippen LogP contribution in [0.15, 0.2) is 30.3 Å². The summed E-state index contributed by atoms with van der Waals surface area (Å²) in [6.45, 7) is 3.08. The first-order valence-corrected chi connectivity index (χ1v) is 6.39. The lowest BCUT2D eigenvalue weighted by Crippen LogP contribution is -2.03. The van der Waals surface area contributed by atoms with E-state index >= 15 is 0 Å². The number of ketones is 1. The highest BCUT2D eigenvalue weighted by molar-refractivity contribution is 7.14. The molecule has 0 aliphatic carbocycles. The first-order valence-electron chi connectivity index (χ1n) is 5.58. The van der Waals surface area contributed by atoms with Gasteiger partial charge in [-0.25, -0.2) is 0 Å². The zero-order valence-electron chi connectivity index (χ0n) is 10.3. The number of rotatable bonds is 2. The standard InChI is InChI=1S/C14H11F3OS/c1-8-4-3-5-10(6-8)11-7-12(9(2)18)19-13(11)14(15,16)17/h3-7H,1-2H3. The number of carbonyl (C=O) groups is 1. The molecule has 1 aromatic heterocycles. The molecule has 1 nitrogen and oxygen atoms in total. The van der Waals surface area contributed by atoms with E-state index in [-0.39, 0.29) is 16.2 Å². The van der Waals surface area contributed by atoms with Crippen molar-refractivity contribution in [1.82, 2.24) is 0 Å². The van der Waals surface area contributed by atoms with Crippen LogP contribution in [-0.2, 0) is 6.18 Å². The largest absolute Gasteiger partial charge is 0.426 e. The number of hydrogen-bond acceptors (Lipinski definition) is 2. The topological polar surface area (TPSA) is 17.1 Å². The van der Waals surface area contributed by atoms with Crippen molar-refractivity contribution in [1.29, 1.82) is 0 Å². The van der Waals surface area contributed by atoms with Gasteiger partial charge < -0.3 is 0 Å². The zero-order chi connectivity index (χ0) is 14.2. The second-order valence-corrected chi connectivity index (χ2v) is 5.33. The SMILES string of the molecule is CC(=O)c1cc(-c2cccc(C)c2)c(C(F)(F)F)s1. The summed E-state index contributed by atoms with van der Waals surface area (Å²) in [6, 6.07) is 8.14.